The molecule has 1 aromatic heterocycles. The second kappa shape index (κ2) is 6.14. The van der Waals surface area contributed by atoms with E-state index in [0.717, 1.165) is 44.3 Å². The fourth-order valence-electron chi connectivity index (χ4n) is 2.33. The molecule has 0 saturated heterocycles. The lowest BCUT2D eigenvalue weighted by Gasteiger charge is -2.27. The third-order valence-corrected chi connectivity index (χ3v) is 4.35. The van der Waals surface area contributed by atoms with Crippen molar-refractivity contribution in [1.29, 1.82) is 0 Å². The van der Waals surface area contributed by atoms with Crippen LogP contribution < -0.4 is 11.1 Å². The zero-order valence-corrected chi connectivity index (χ0v) is 12.9. The van der Waals surface area contributed by atoms with E-state index in [-0.39, 0.29) is 5.91 Å². The smallest absolute Gasteiger partial charge is 0.237 e. The maximum Gasteiger partial charge on any atom is 0.237 e. The molecule has 1 saturated carbocycles. The number of carbonyl (C=O) groups is 1. The van der Waals surface area contributed by atoms with Crippen LogP contribution in [-0.2, 0) is 11.3 Å². The molecule has 2 rings (SSSR count). The van der Waals surface area contributed by atoms with E-state index in [9.17, 15) is 4.79 Å². The number of halogens is 1. The van der Waals surface area contributed by atoms with Gasteiger partial charge in [-0.3, -0.25) is 9.48 Å². The minimum absolute atomic E-state index is 0.261. The van der Waals surface area contributed by atoms with Gasteiger partial charge in [0.25, 0.3) is 0 Å². The predicted octanol–water partition coefficient (Wildman–Crippen LogP) is 2.01. The molecule has 0 bridgehead atoms. The van der Waals surface area contributed by atoms with Gasteiger partial charge < -0.3 is 11.1 Å². The first-order valence-electron chi connectivity index (χ1n) is 7.18. The van der Waals surface area contributed by atoms with E-state index in [4.69, 9.17) is 17.3 Å². The van der Waals surface area contributed by atoms with Crippen LogP contribution in [0.5, 0.6) is 0 Å². The summed E-state index contributed by atoms with van der Waals surface area (Å²) in [4.78, 5) is 11.6. The number of unbranched alkanes of at least 4 members (excludes halogenated alkanes) is 1. The topological polar surface area (TPSA) is 72.9 Å². The quantitative estimate of drug-likeness (QED) is 0.721. The number of amides is 1. The van der Waals surface area contributed by atoms with Crippen molar-refractivity contribution in [2.24, 2.45) is 5.73 Å². The first-order chi connectivity index (χ1) is 9.42. The standard InChI is InChI=1S/C14H23ClN4O/c1-10-12(15)9-17-19(10)8-4-3-7-14(2,13(16)20)18-11-5-6-11/h9,11,18H,3-8H2,1-2H3,(H2,16,20). The van der Waals surface area contributed by atoms with Gasteiger partial charge >= 0.3 is 0 Å². The van der Waals surface area contributed by atoms with Crippen LogP contribution >= 0.6 is 11.6 Å². The van der Waals surface area contributed by atoms with Crippen molar-refractivity contribution in [2.75, 3.05) is 0 Å². The Morgan fingerprint density at radius 2 is 2.30 bits per heavy atom. The van der Waals surface area contributed by atoms with Crippen LogP contribution in [0.25, 0.3) is 0 Å². The van der Waals surface area contributed by atoms with Crippen LogP contribution in [0.1, 0.15) is 44.7 Å². The highest BCUT2D eigenvalue weighted by Gasteiger charge is 2.36. The van der Waals surface area contributed by atoms with Gasteiger partial charge in [0.1, 0.15) is 0 Å². The fourth-order valence-corrected chi connectivity index (χ4v) is 2.48. The van der Waals surface area contributed by atoms with E-state index in [2.05, 4.69) is 10.4 Å². The van der Waals surface area contributed by atoms with Crippen LogP contribution in [0.4, 0.5) is 0 Å². The summed E-state index contributed by atoms with van der Waals surface area (Å²) < 4.78 is 1.90. The SMILES string of the molecule is Cc1c(Cl)cnn1CCCCC(C)(NC1CC1)C(N)=O. The number of nitrogens with two attached hydrogens (primary N) is 1. The third-order valence-electron chi connectivity index (χ3n) is 3.98. The number of rotatable bonds is 8. The highest BCUT2D eigenvalue weighted by Crippen LogP contribution is 2.25. The largest absolute Gasteiger partial charge is 0.368 e. The highest BCUT2D eigenvalue weighted by atomic mass is 35.5. The molecule has 112 valence electrons. The third kappa shape index (κ3) is 3.73. The first-order valence-corrected chi connectivity index (χ1v) is 7.56. The molecule has 20 heavy (non-hydrogen) atoms. The lowest BCUT2D eigenvalue weighted by atomic mass is 9.93. The highest BCUT2D eigenvalue weighted by molar-refractivity contribution is 6.31. The number of hydrogen-bond donors (Lipinski definition) is 2. The summed E-state index contributed by atoms with van der Waals surface area (Å²) in [6.07, 6.45) is 6.60. The molecule has 1 amide bonds. The van der Waals surface area contributed by atoms with E-state index in [1.165, 1.54) is 0 Å². The summed E-state index contributed by atoms with van der Waals surface area (Å²) in [5, 5.41) is 8.28. The first kappa shape index (κ1) is 15.3. The molecular formula is C14H23ClN4O. The molecule has 0 spiro atoms. The molecule has 1 unspecified atom stereocenters. The van der Waals surface area contributed by atoms with Crippen molar-refractivity contribution in [2.45, 2.75) is 64.1 Å². The van der Waals surface area contributed by atoms with Crippen molar-refractivity contribution < 1.29 is 4.79 Å². The summed E-state index contributed by atoms with van der Waals surface area (Å²) in [6, 6.07) is 0.472. The average molecular weight is 299 g/mol. The Balaban J connectivity index is 1.78. The van der Waals surface area contributed by atoms with Gasteiger partial charge in [0, 0.05) is 12.6 Å². The summed E-state index contributed by atoms with van der Waals surface area (Å²) in [5.41, 5.74) is 5.93. The lowest BCUT2D eigenvalue weighted by Crippen LogP contribution is -2.53. The van der Waals surface area contributed by atoms with Crippen molar-refractivity contribution in [3.8, 4) is 0 Å². The Bertz CT molecular complexity index is 484. The minimum atomic E-state index is -0.585. The Hall–Kier alpha value is -1.07. The molecule has 1 aromatic rings. The van der Waals surface area contributed by atoms with E-state index in [1.807, 2.05) is 18.5 Å². The summed E-state index contributed by atoms with van der Waals surface area (Å²) in [7, 11) is 0. The monoisotopic (exact) mass is 298 g/mol. The van der Waals surface area contributed by atoms with Crippen molar-refractivity contribution in [3.63, 3.8) is 0 Å². The minimum Gasteiger partial charge on any atom is -0.368 e. The van der Waals surface area contributed by atoms with Crippen LogP contribution in [-0.4, -0.2) is 27.3 Å². The Morgan fingerprint density at radius 3 is 2.80 bits per heavy atom. The lowest BCUT2D eigenvalue weighted by molar-refractivity contribution is -0.124. The number of aryl methyl sites for hydroxylation is 1. The van der Waals surface area contributed by atoms with E-state index < -0.39 is 5.54 Å². The summed E-state index contributed by atoms with van der Waals surface area (Å²) >= 11 is 5.97. The van der Waals surface area contributed by atoms with Gasteiger partial charge in [-0.15, -0.1) is 0 Å². The van der Waals surface area contributed by atoms with Crippen LogP contribution in [0.3, 0.4) is 0 Å². The average Bonchev–Trinajstić information content (AvgIpc) is 3.14. The van der Waals surface area contributed by atoms with E-state index in [0.29, 0.717) is 11.1 Å². The molecule has 0 aliphatic heterocycles. The number of hydrogen-bond acceptors (Lipinski definition) is 3. The van der Waals surface area contributed by atoms with Gasteiger partial charge in [0.05, 0.1) is 22.5 Å². The Kier molecular flexibility index (Phi) is 4.70. The Morgan fingerprint density at radius 1 is 1.60 bits per heavy atom. The second-order valence-electron chi connectivity index (χ2n) is 5.87. The van der Waals surface area contributed by atoms with E-state index >= 15 is 0 Å². The van der Waals surface area contributed by atoms with Gasteiger partial charge in [0.15, 0.2) is 0 Å². The Labute approximate surface area is 124 Å². The molecule has 1 aliphatic rings. The fraction of sp³-hybridized carbons (Fsp3) is 0.714. The molecular weight excluding hydrogens is 276 g/mol. The molecule has 0 radical (unpaired) electrons. The normalized spacial score (nSPS) is 17.9. The van der Waals surface area contributed by atoms with Crippen LogP contribution in [0.2, 0.25) is 5.02 Å². The number of carbonyl (C=O) groups excluding carboxylic acids is 1. The number of primary amides is 1. The van der Waals surface area contributed by atoms with E-state index in [1.54, 1.807) is 6.20 Å². The predicted molar refractivity (Wildman–Crippen MR) is 79.6 cm³/mol. The second-order valence-corrected chi connectivity index (χ2v) is 6.28. The number of nitrogens with zero attached hydrogens (tertiary/aromatic N) is 2. The molecule has 1 atom stereocenters. The van der Waals surface area contributed by atoms with Crippen LogP contribution in [0, 0.1) is 6.92 Å². The summed E-state index contributed by atoms with van der Waals surface area (Å²) in [6.45, 7) is 4.68. The maximum absolute atomic E-state index is 11.6. The van der Waals surface area contributed by atoms with Crippen molar-refractivity contribution in [1.82, 2.24) is 15.1 Å². The van der Waals surface area contributed by atoms with Gasteiger partial charge in [-0.2, -0.15) is 5.10 Å². The maximum atomic E-state index is 11.6. The number of nitrogens with one attached hydrogen (secondary N) is 1. The van der Waals surface area contributed by atoms with Crippen LogP contribution in [0.15, 0.2) is 6.20 Å². The van der Waals surface area contributed by atoms with Gasteiger partial charge in [-0.25, -0.2) is 0 Å². The van der Waals surface area contributed by atoms with Crippen molar-refractivity contribution >= 4 is 17.5 Å². The zero-order chi connectivity index (χ0) is 14.8. The molecule has 6 heteroatoms. The number of aromatic nitrogens is 2. The molecule has 3 N–H and O–H groups in total. The summed E-state index contributed by atoms with van der Waals surface area (Å²) in [5.74, 6) is -0.261. The molecule has 0 aromatic carbocycles. The van der Waals surface area contributed by atoms with Gasteiger partial charge in [-0.05, 0) is 46.0 Å². The van der Waals surface area contributed by atoms with Crippen molar-refractivity contribution in [3.05, 3.63) is 16.9 Å². The molecule has 1 aliphatic carbocycles. The molecule has 1 fully saturated rings. The molecule has 5 nitrogen and oxygen atoms in total. The zero-order valence-electron chi connectivity index (χ0n) is 12.2. The van der Waals surface area contributed by atoms with Gasteiger partial charge in [0.2, 0.25) is 5.91 Å². The molecule has 1 heterocycles. The van der Waals surface area contributed by atoms with Gasteiger partial charge in [-0.1, -0.05) is 11.6 Å².